The van der Waals surface area contributed by atoms with Crippen LogP contribution in [0.5, 0.6) is 0 Å². The van der Waals surface area contributed by atoms with Gasteiger partial charge in [0.25, 0.3) is 0 Å². The third-order valence-corrected chi connectivity index (χ3v) is 5.98. The highest BCUT2D eigenvalue weighted by molar-refractivity contribution is 7.89. The Bertz CT molecular complexity index is 565. The van der Waals surface area contributed by atoms with Crippen LogP contribution in [0.15, 0.2) is 4.90 Å². The van der Waals surface area contributed by atoms with Crippen molar-refractivity contribution < 1.29 is 8.42 Å². The highest BCUT2D eigenvalue weighted by Crippen LogP contribution is 2.29. The summed E-state index contributed by atoms with van der Waals surface area (Å²) in [6.07, 6.45) is 1.85. The van der Waals surface area contributed by atoms with Gasteiger partial charge in [0.05, 0.1) is 17.9 Å². The Morgan fingerprint density at radius 3 is 2.63 bits per heavy atom. The molecule has 0 radical (unpaired) electrons. The average Bonchev–Trinajstić information content (AvgIpc) is 2.85. The molecule has 7 heteroatoms. The SMILES string of the molecule is Cc1nn(CCN)c(C)c1S(=O)(=O)N1CCCC1C. The van der Waals surface area contributed by atoms with E-state index in [2.05, 4.69) is 5.10 Å². The minimum Gasteiger partial charge on any atom is -0.329 e. The van der Waals surface area contributed by atoms with E-state index in [0.29, 0.717) is 35.9 Å². The third kappa shape index (κ3) is 2.42. The Morgan fingerprint density at radius 1 is 1.42 bits per heavy atom. The molecule has 0 amide bonds. The van der Waals surface area contributed by atoms with Gasteiger partial charge in [-0.1, -0.05) is 0 Å². The zero-order chi connectivity index (χ0) is 14.2. The van der Waals surface area contributed by atoms with E-state index in [1.807, 2.05) is 6.92 Å². The van der Waals surface area contributed by atoms with Gasteiger partial charge in [-0.2, -0.15) is 9.40 Å². The Hall–Kier alpha value is -0.920. The molecule has 1 unspecified atom stereocenters. The second kappa shape index (κ2) is 5.22. The molecule has 0 spiro atoms. The molecule has 6 nitrogen and oxygen atoms in total. The second-order valence-corrected chi connectivity index (χ2v) is 6.95. The largest absolute Gasteiger partial charge is 0.329 e. The normalized spacial score (nSPS) is 21.2. The van der Waals surface area contributed by atoms with Crippen LogP contribution in [0.3, 0.4) is 0 Å². The van der Waals surface area contributed by atoms with Gasteiger partial charge in [-0.15, -0.1) is 0 Å². The third-order valence-electron chi connectivity index (χ3n) is 3.71. The quantitative estimate of drug-likeness (QED) is 0.880. The summed E-state index contributed by atoms with van der Waals surface area (Å²) >= 11 is 0. The van der Waals surface area contributed by atoms with Crippen LogP contribution in [0.4, 0.5) is 0 Å². The molecule has 19 heavy (non-hydrogen) atoms. The van der Waals surface area contributed by atoms with Gasteiger partial charge in [-0.3, -0.25) is 4.68 Å². The zero-order valence-corrected chi connectivity index (χ0v) is 12.6. The summed E-state index contributed by atoms with van der Waals surface area (Å²) in [7, 11) is -3.44. The van der Waals surface area contributed by atoms with Crippen molar-refractivity contribution in [3.8, 4) is 0 Å². The molecule has 1 aromatic heterocycles. The lowest BCUT2D eigenvalue weighted by Crippen LogP contribution is -2.34. The maximum Gasteiger partial charge on any atom is 0.246 e. The van der Waals surface area contributed by atoms with Crippen molar-refractivity contribution in [1.82, 2.24) is 14.1 Å². The van der Waals surface area contributed by atoms with Crippen LogP contribution in [-0.4, -0.2) is 41.6 Å². The van der Waals surface area contributed by atoms with Crippen molar-refractivity contribution in [2.24, 2.45) is 5.73 Å². The summed E-state index contributed by atoms with van der Waals surface area (Å²) < 4.78 is 28.8. The molecule has 1 atom stereocenters. The smallest absolute Gasteiger partial charge is 0.246 e. The minimum atomic E-state index is -3.44. The summed E-state index contributed by atoms with van der Waals surface area (Å²) in [4.78, 5) is 0.356. The van der Waals surface area contributed by atoms with Crippen LogP contribution in [0.25, 0.3) is 0 Å². The number of aromatic nitrogens is 2. The number of aryl methyl sites for hydroxylation is 1. The highest BCUT2D eigenvalue weighted by atomic mass is 32.2. The summed E-state index contributed by atoms with van der Waals surface area (Å²) in [5.41, 5.74) is 6.76. The van der Waals surface area contributed by atoms with Crippen LogP contribution < -0.4 is 5.73 Å². The molecule has 1 aliphatic heterocycles. The van der Waals surface area contributed by atoms with Gasteiger partial charge >= 0.3 is 0 Å². The Kier molecular flexibility index (Phi) is 3.98. The molecular weight excluding hydrogens is 264 g/mol. The summed E-state index contributed by atoms with van der Waals surface area (Å²) in [6.45, 7) is 7.08. The molecular formula is C12H22N4O2S. The maximum atomic E-state index is 12.7. The number of hydrogen-bond donors (Lipinski definition) is 1. The van der Waals surface area contributed by atoms with E-state index in [0.717, 1.165) is 12.8 Å². The lowest BCUT2D eigenvalue weighted by Gasteiger charge is -2.21. The number of sulfonamides is 1. The van der Waals surface area contributed by atoms with Crippen molar-refractivity contribution in [3.05, 3.63) is 11.4 Å². The zero-order valence-electron chi connectivity index (χ0n) is 11.8. The monoisotopic (exact) mass is 286 g/mol. The average molecular weight is 286 g/mol. The minimum absolute atomic E-state index is 0.0710. The number of hydrogen-bond acceptors (Lipinski definition) is 4. The molecule has 1 aliphatic rings. The summed E-state index contributed by atoms with van der Waals surface area (Å²) in [5, 5.41) is 4.29. The molecule has 0 saturated carbocycles. The van der Waals surface area contributed by atoms with Crippen molar-refractivity contribution in [3.63, 3.8) is 0 Å². The lowest BCUT2D eigenvalue weighted by atomic mass is 10.3. The van der Waals surface area contributed by atoms with Crippen molar-refractivity contribution in [2.45, 2.75) is 51.1 Å². The molecule has 0 aromatic carbocycles. The topological polar surface area (TPSA) is 81.2 Å². The molecule has 108 valence electrons. The van der Waals surface area contributed by atoms with E-state index < -0.39 is 10.0 Å². The first-order valence-electron chi connectivity index (χ1n) is 6.65. The highest BCUT2D eigenvalue weighted by Gasteiger charge is 2.36. The van der Waals surface area contributed by atoms with E-state index in [4.69, 9.17) is 5.73 Å². The van der Waals surface area contributed by atoms with Crippen molar-refractivity contribution >= 4 is 10.0 Å². The maximum absolute atomic E-state index is 12.7. The van der Waals surface area contributed by atoms with Gasteiger partial charge in [0.15, 0.2) is 0 Å². The van der Waals surface area contributed by atoms with Gasteiger partial charge in [0.1, 0.15) is 4.90 Å². The predicted molar refractivity (Wildman–Crippen MR) is 73.3 cm³/mol. The number of rotatable bonds is 4. The molecule has 0 bridgehead atoms. The molecule has 1 aromatic rings. The first-order valence-corrected chi connectivity index (χ1v) is 8.09. The van der Waals surface area contributed by atoms with Crippen molar-refractivity contribution in [2.75, 3.05) is 13.1 Å². The van der Waals surface area contributed by atoms with Gasteiger partial charge in [0, 0.05) is 19.1 Å². The summed E-state index contributed by atoms with van der Waals surface area (Å²) in [5.74, 6) is 0. The molecule has 1 fully saturated rings. The van der Waals surface area contributed by atoms with E-state index in [1.54, 1.807) is 22.8 Å². The van der Waals surface area contributed by atoms with E-state index in [9.17, 15) is 8.42 Å². The van der Waals surface area contributed by atoms with E-state index in [1.165, 1.54) is 0 Å². The molecule has 1 saturated heterocycles. The van der Waals surface area contributed by atoms with E-state index >= 15 is 0 Å². The lowest BCUT2D eigenvalue weighted by molar-refractivity contribution is 0.407. The van der Waals surface area contributed by atoms with Gasteiger partial charge in [0.2, 0.25) is 10.0 Å². The second-order valence-electron chi connectivity index (χ2n) is 5.12. The van der Waals surface area contributed by atoms with Crippen LogP contribution >= 0.6 is 0 Å². The van der Waals surface area contributed by atoms with Gasteiger partial charge in [-0.05, 0) is 33.6 Å². The molecule has 2 N–H and O–H groups in total. The van der Waals surface area contributed by atoms with Crippen LogP contribution in [0.1, 0.15) is 31.2 Å². The van der Waals surface area contributed by atoms with Crippen LogP contribution in [0, 0.1) is 13.8 Å². The Morgan fingerprint density at radius 2 is 2.11 bits per heavy atom. The summed E-state index contributed by atoms with van der Waals surface area (Å²) in [6, 6.07) is 0.0710. The van der Waals surface area contributed by atoms with Crippen LogP contribution in [-0.2, 0) is 16.6 Å². The molecule has 2 rings (SSSR count). The molecule has 0 aliphatic carbocycles. The Labute approximate surface area is 114 Å². The van der Waals surface area contributed by atoms with E-state index in [-0.39, 0.29) is 6.04 Å². The Balaban J connectivity index is 2.46. The van der Waals surface area contributed by atoms with Gasteiger partial charge < -0.3 is 5.73 Å². The van der Waals surface area contributed by atoms with Crippen molar-refractivity contribution in [1.29, 1.82) is 0 Å². The fraction of sp³-hybridized carbons (Fsp3) is 0.750. The first kappa shape index (κ1) is 14.5. The predicted octanol–water partition coefficient (Wildman–Crippen LogP) is 0.632. The molecule has 2 heterocycles. The van der Waals surface area contributed by atoms with Crippen LogP contribution in [0.2, 0.25) is 0 Å². The first-order chi connectivity index (χ1) is 8.89. The number of nitrogens with two attached hydrogens (primary N) is 1. The van der Waals surface area contributed by atoms with Gasteiger partial charge in [-0.25, -0.2) is 8.42 Å². The fourth-order valence-electron chi connectivity index (χ4n) is 2.78. The number of nitrogens with zero attached hydrogens (tertiary/aromatic N) is 3. The standard InChI is InChI=1S/C12H22N4O2S/c1-9-5-4-7-16(9)19(17,18)12-10(2)14-15(8-6-13)11(12)3/h9H,4-8,13H2,1-3H3. The fourth-order valence-corrected chi connectivity index (χ4v) is 4.85.